The molecule has 8 nitrogen and oxygen atoms in total. The van der Waals surface area contributed by atoms with Gasteiger partial charge in [-0.3, -0.25) is 14.6 Å². The van der Waals surface area contributed by atoms with Gasteiger partial charge in [-0.2, -0.15) is 0 Å². The highest BCUT2D eigenvalue weighted by molar-refractivity contribution is 5.93. The predicted octanol–water partition coefficient (Wildman–Crippen LogP) is 2.74. The van der Waals surface area contributed by atoms with Crippen LogP contribution in [0.2, 0.25) is 0 Å². The highest BCUT2D eigenvalue weighted by Gasteiger charge is 2.35. The number of amides is 1. The number of nitrogens with one attached hydrogen (secondary N) is 1. The molecule has 0 aliphatic carbocycles. The van der Waals surface area contributed by atoms with Crippen LogP contribution in [-0.4, -0.2) is 43.5 Å². The zero-order valence-corrected chi connectivity index (χ0v) is 16.1. The molecule has 28 heavy (non-hydrogen) atoms. The summed E-state index contributed by atoms with van der Waals surface area (Å²) in [5, 5.41) is 21.3. The van der Waals surface area contributed by atoms with Crippen molar-refractivity contribution in [1.29, 1.82) is 0 Å². The Balaban J connectivity index is 1.83. The molecule has 0 spiro atoms. The zero-order chi connectivity index (χ0) is 20.3. The Kier molecular flexibility index (Phi) is 5.39. The Labute approximate surface area is 162 Å². The summed E-state index contributed by atoms with van der Waals surface area (Å²) in [5.74, 6) is -1.35. The van der Waals surface area contributed by atoms with E-state index in [4.69, 9.17) is 0 Å². The Hall–Kier alpha value is -3.29. The number of rotatable bonds is 7. The first kappa shape index (κ1) is 19.5. The van der Waals surface area contributed by atoms with Crippen molar-refractivity contribution in [3.8, 4) is 5.69 Å². The van der Waals surface area contributed by atoms with Gasteiger partial charge in [-0.05, 0) is 44.0 Å². The van der Waals surface area contributed by atoms with Crippen molar-refractivity contribution >= 4 is 22.8 Å². The number of nitrogens with zero attached hydrogens (tertiary/aromatic N) is 4. The van der Waals surface area contributed by atoms with Crippen molar-refractivity contribution in [3.63, 3.8) is 0 Å². The van der Waals surface area contributed by atoms with Gasteiger partial charge in [-0.25, -0.2) is 4.68 Å². The van der Waals surface area contributed by atoms with E-state index in [-0.39, 0.29) is 12.2 Å². The Bertz CT molecular complexity index is 1020. The number of aromatic nitrogens is 4. The summed E-state index contributed by atoms with van der Waals surface area (Å²) >= 11 is 0. The number of hydrogen-bond acceptors (Lipinski definition) is 5. The molecule has 1 aromatic carbocycles. The Morgan fingerprint density at radius 1 is 1.21 bits per heavy atom. The second-order valence-corrected chi connectivity index (χ2v) is 6.79. The monoisotopic (exact) mass is 381 g/mol. The van der Waals surface area contributed by atoms with Crippen LogP contribution in [-0.2, 0) is 4.79 Å². The maximum atomic E-state index is 12.6. The molecule has 0 saturated carbocycles. The van der Waals surface area contributed by atoms with E-state index in [0.29, 0.717) is 18.5 Å². The third-order valence-corrected chi connectivity index (χ3v) is 5.34. The molecule has 2 aromatic heterocycles. The highest BCUT2D eigenvalue weighted by Crippen LogP contribution is 2.26. The lowest BCUT2D eigenvalue weighted by Gasteiger charge is -2.26. The number of hydrogen-bond donors (Lipinski definition) is 2. The summed E-state index contributed by atoms with van der Waals surface area (Å²) in [6, 6.07) is 9.48. The molecule has 1 amide bonds. The fraction of sp³-hybridized carbons (Fsp3) is 0.350. The zero-order valence-electron chi connectivity index (χ0n) is 16.1. The van der Waals surface area contributed by atoms with Gasteiger partial charge in [0, 0.05) is 18.1 Å². The Morgan fingerprint density at radius 3 is 2.64 bits per heavy atom. The molecule has 0 saturated heterocycles. The van der Waals surface area contributed by atoms with E-state index in [2.05, 4.69) is 20.6 Å². The van der Waals surface area contributed by atoms with Crippen molar-refractivity contribution in [2.24, 2.45) is 5.41 Å². The largest absolute Gasteiger partial charge is 0.481 e. The Morgan fingerprint density at radius 2 is 1.96 bits per heavy atom. The van der Waals surface area contributed by atoms with Gasteiger partial charge < -0.3 is 10.4 Å². The smallest absolute Gasteiger partial charge is 0.311 e. The SMILES string of the molecule is CCC(CC)(CNC(=O)c1nnn(-c2ccc3ncccc3c2)c1C)C(=O)O. The van der Waals surface area contributed by atoms with Crippen LogP contribution in [0.25, 0.3) is 16.6 Å². The number of carboxylic acid groups (broad SMARTS) is 1. The van der Waals surface area contributed by atoms with Crippen molar-refractivity contribution in [2.75, 3.05) is 6.54 Å². The van der Waals surface area contributed by atoms with Crippen LogP contribution in [0.3, 0.4) is 0 Å². The topological polar surface area (TPSA) is 110 Å². The predicted molar refractivity (Wildman–Crippen MR) is 104 cm³/mol. The molecule has 0 unspecified atom stereocenters. The van der Waals surface area contributed by atoms with E-state index < -0.39 is 17.3 Å². The lowest BCUT2D eigenvalue weighted by atomic mass is 9.82. The van der Waals surface area contributed by atoms with Gasteiger partial charge in [0.15, 0.2) is 5.69 Å². The molecular weight excluding hydrogens is 358 g/mol. The van der Waals surface area contributed by atoms with Gasteiger partial charge in [0.05, 0.1) is 22.3 Å². The van der Waals surface area contributed by atoms with E-state index in [1.54, 1.807) is 31.6 Å². The number of pyridine rings is 1. The van der Waals surface area contributed by atoms with Crippen molar-refractivity contribution in [1.82, 2.24) is 25.3 Å². The van der Waals surface area contributed by atoms with Gasteiger partial charge in [-0.1, -0.05) is 25.1 Å². The van der Waals surface area contributed by atoms with Crippen LogP contribution >= 0.6 is 0 Å². The molecular formula is C20H23N5O3. The first-order valence-electron chi connectivity index (χ1n) is 9.21. The normalized spacial score (nSPS) is 11.5. The first-order chi connectivity index (χ1) is 13.4. The number of benzene rings is 1. The van der Waals surface area contributed by atoms with Gasteiger partial charge in [0.25, 0.3) is 5.91 Å². The lowest BCUT2D eigenvalue weighted by molar-refractivity contribution is -0.149. The molecule has 3 rings (SSSR count). The molecule has 8 heteroatoms. The fourth-order valence-electron chi connectivity index (χ4n) is 3.19. The number of carbonyl (C=O) groups excluding carboxylic acids is 1. The summed E-state index contributed by atoms with van der Waals surface area (Å²) in [7, 11) is 0. The maximum Gasteiger partial charge on any atom is 0.311 e. The maximum absolute atomic E-state index is 12.6. The second kappa shape index (κ2) is 7.75. The minimum absolute atomic E-state index is 0.0438. The fourth-order valence-corrected chi connectivity index (χ4v) is 3.19. The summed E-state index contributed by atoms with van der Waals surface area (Å²) < 4.78 is 1.59. The van der Waals surface area contributed by atoms with Crippen molar-refractivity contribution in [3.05, 3.63) is 47.9 Å². The molecule has 0 radical (unpaired) electrons. The summed E-state index contributed by atoms with van der Waals surface area (Å²) in [4.78, 5) is 28.5. The molecule has 2 N–H and O–H groups in total. The molecule has 146 valence electrons. The highest BCUT2D eigenvalue weighted by atomic mass is 16.4. The van der Waals surface area contributed by atoms with Gasteiger partial charge in [-0.15, -0.1) is 5.10 Å². The van der Waals surface area contributed by atoms with Crippen LogP contribution in [0.15, 0.2) is 36.5 Å². The number of aliphatic carboxylic acids is 1. The van der Waals surface area contributed by atoms with E-state index in [0.717, 1.165) is 16.6 Å². The van der Waals surface area contributed by atoms with Gasteiger partial charge >= 0.3 is 5.97 Å². The third-order valence-electron chi connectivity index (χ3n) is 5.34. The minimum Gasteiger partial charge on any atom is -0.481 e. The molecule has 0 bridgehead atoms. The molecule has 2 heterocycles. The summed E-state index contributed by atoms with van der Waals surface area (Å²) in [6.45, 7) is 5.41. The molecule has 0 aliphatic heterocycles. The quantitative estimate of drug-likeness (QED) is 0.651. The third kappa shape index (κ3) is 3.45. The average Bonchev–Trinajstić information content (AvgIpc) is 3.09. The van der Waals surface area contributed by atoms with E-state index in [9.17, 15) is 14.7 Å². The van der Waals surface area contributed by atoms with Crippen LogP contribution < -0.4 is 5.32 Å². The number of carboxylic acids is 1. The van der Waals surface area contributed by atoms with Gasteiger partial charge in [0.2, 0.25) is 0 Å². The molecule has 0 fully saturated rings. The number of carbonyl (C=O) groups is 2. The molecule has 3 aromatic rings. The van der Waals surface area contributed by atoms with Gasteiger partial charge in [0.1, 0.15) is 0 Å². The second-order valence-electron chi connectivity index (χ2n) is 6.79. The molecule has 0 atom stereocenters. The van der Waals surface area contributed by atoms with Crippen molar-refractivity contribution < 1.29 is 14.7 Å². The minimum atomic E-state index is -0.981. The van der Waals surface area contributed by atoms with Crippen LogP contribution in [0.4, 0.5) is 0 Å². The number of fused-ring (bicyclic) bond motifs is 1. The lowest BCUT2D eigenvalue weighted by Crippen LogP contribution is -2.42. The van der Waals surface area contributed by atoms with Crippen molar-refractivity contribution in [2.45, 2.75) is 33.6 Å². The average molecular weight is 381 g/mol. The summed E-state index contributed by atoms with van der Waals surface area (Å²) in [6.07, 6.45) is 2.58. The first-order valence-corrected chi connectivity index (χ1v) is 9.21. The standard InChI is InChI=1S/C20H23N5O3/c1-4-20(5-2,19(27)28)12-22-18(26)17-13(3)25(24-23-17)15-8-9-16-14(11-15)7-6-10-21-16/h6-11H,4-5,12H2,1-3H3,(H,22,26)(H,27,28). The van der Waals surface area contributed by atoms with E-state index in [1.165, 1.54) is 0 Å². The van der Waals surface area contributed by atoms with E-state index >= 15 is 0 Å². The van der Waals surface area contributed by atoms with Crippen LogP contribution in [0, 0.1) is 12.3 Å². The summed E-state index contributed by atoms with van der Waals surface area (Å²) in [5.41, 5.74) is 1.41. The van der Waals surface area contributed by atoms with Crippen LogP contribution in [0.5, 0.6) is 0 Å². The van der Waals surface area contributed by atoms with E-state index in [1.807, 2.05) is 30.3 Å². The van der Waals surface area contributed by atoms with Crippen LogP contribution in [0.1, 0.15) is 42.9 Å². The molecule has 0 aliphatic rings.